The van der Waals surface area contributed by atoms with Crippen LogP contribution in [0.25, 0.3) is 0 Å². The van der Waals surface area contributed by atoms with Crippen molar-refractivity contribution in [3.63, 3.8) is 0 Å². The number of benzene rings is 1. The monoisotopic (exact) mass is 243 g/mol. The van der Waals surface area contributed by atoms with Crippen molar-refractivity contribution in [3.8, 4) is 5.75 Å². The molecule has 90 valence electrons. The summed E-state index contributed by atoms with van der Waals surface area (Å²) in [7, 11) is -4.20. The maximum Gasteiger partial charge on any atom is 0.319 e. The molecule has 0 aliphatic heterocycles. The van der Waals surface area contributed by atoms with Gasteiger partial charge in [-0.25, -0.2) is 0 Å². The van der Waals surface area contributed by atoms with E-state index in [1.807, 2.05) is 6.92 Å². The fraction of sp³-hybridized carbons (Fsp3) is 0.455. The zero-order valence-electron chi connectivity index (χ0n) is 9.30. The smallest absolute Gasteiger partial charge is 0.319 e. The second kappa shape index (κ2) is 6.69. The molecule has 0 saturated heterocycles. The van der Waals surface area contributed by atoms with Gasteiger partial charge in [0.2, 0.25) is 0 Å². The highest BCUT2D eigenvalue weighted by atomic mass is 31.2. The molecule has 0 spiro atoms. The molecule has 0 radical (unpaired) electrons. The highest BCUT2D eigenvalue weighted by molar-refractivity contribution is 7.46. The first-order valence-corrected chi connectivity index (χ1v) is 6.80. The Bertz CT molecular complexity index is 339. The quantitative estimate of drug-likeness (QED) is 0.545. The van der Waals surface area contributed by atoms with E-state index >= 15 is 0 Å². The summed E-state index contributed by atoms with van der Waals surface area (Å²) in [6.07, 6.45) is 2.69. The third-order valence-corrected chi connectivity index (χ3v) is 2.89. The van der Waals surface area contributed by atoms with Gasteiger partial charge in [-0.1, -0.05) is 38.0 Å². The molecule has 0 N–H and O–H groups in total. The molecule has 4 nitrogen and oxygen atoms in total. The van der Waals surface area contributed by atoms with Crippen LogP contribution >= 0.6 is 7.82 Å². The third-order valence-electron chi connectivity index (χ3n) is 1.96. The van der Waals surface area contributed by atoms with Gasteiger partial charge in [-0.2, -0.15) is 0 Å². The molecule has 0 amide bonds. The van der Waals surface area contributed by atoms with Gasteiger partial charge in [-0.3, -0.25) is 4.57 Å². The zero-order valence-corrected chi connectivity index (χ0v) is 10.2. The first-order valence-electron chi connectivity index (χ1n) is 5.34. The van der Waals surface area contributed by atoms with E-state index < -0.39 is 7.82 Å². The largest absolute Gasteiger partial charge is 0.746 e. The number of para-hydroxylation sites is 1. The first-order chi connectivity index (χ1) is 7.64. The minimum atomic E-state index is -4.20. The van der Waals surface area contributed by atoms with Crippen molar-refractivity contribution in [2.75, 3.05) is 6.61 Å². The summed E-state index contributed by atoms with van der Waals surface area (Å²) < 4.78 is 20.8. The maximum absolute atomic E-state index is 11.3. The zero-order chi connectivity index (χ0) is 11.9. The van der Waals surface area contributed by atoms with E-state index in [0.717, 1.165) is 19.3 Å². The number of unbranched alkanes of at least 4 members (excludes halogenated alkanes) is 2. The Kier molecular flexibility index (Phi) is 5.53. The van der Waals surface area contributed by atoms with Gasteiger partial charge in [0.05, 0.1) is 6.61 Å². The van der Waals surface area contributed by atoms with Crippen molar-refractivity contribution in [1.82, 2.24) is 0 Å². The summed E-state index contributed by atoms with van der Waals surface area (Å²) in [6, 6.07) is 8.32. The highest BCUT2D eigenvalue weighted by Crippen LogP contribution is 2.39. The van der Waals surface area contributed by atoms with Crippen molar-refractivity contribution in [2.24, 2.45) is 0 Å². The van der Waals surface area contributed by atoms with Gasteiger partial charge in [0.15, 0.2) is 0 Å². The van der Waals surface area contributed by atoms with Crippen LogP contribution in [0.15, 0.2) is 30.3 Å². The van der Waals surface area contributed by atoms with Gasteiger partial charge < -0.3 is 13.9 Å². The Balaban J connectivity index is 2.37. The first kappa shape index (κ1) is 13.2. The van der Waals surface area contributed by atoms with Crippen LogP contribution in [0.3, 0.4) is 0 Å². The summed E-state index contributed by atoms with van der Waals surface area (Å²) in [5.41, 5.74) is 0. The number of hydrogen-bond donors (Lipinski definition) is 0. The molecule has 0 heterocycles. The minimum absolute atomic E-state index is 0.182. The topological polar surface area (TPSA) is 58.6 Å². The lowest BCUT2D eigenvalue weighted by atomic mass is 10.3. The van der Waals surface area contributed by atoms with E-state index in [2.05, 4.69) is 0 Å². The molecule has 1 atom stereocenters. The molecule has 1 aromatic carbocycles. The predicted octanol–water partition coefficient (Wildman–Crippen LogP) is 2.74. The van der Waals surface area contributed by atoms with Gasteiger partial charge in [0, 0.05) is 0 Å². The van der Waals surface area contributed by atoms with Crippen molar-refractivity contribution < 1.29 is 18.5 Å². The maximum atomic E-state index is 11.3. The molecule has 0 aliphatic carbocycles. The van der Waals surface area contributed by atoms with E-state index in [1.165, 1.54) is 0 Å². The lowest BCUT2D eigenvalue weighted by molar-refractivity contribution is -0.217. The fourth-order valence-electron chi connectivity index (χ4n) is 1.17. The molecule has 16 heavy (non-hydrogen) atoms. The van der Waals surface area contributed by atoms with Crippen LogP contribution in [0, 0.1) is 0 Å². The van der Waals surface area contributed by atoms with E-state index in [4.69, 9.17) is 9.05 Å². The van der Waals surface area contributed by atoms with E-state index in [-0.39, 0.29) is 12.4 Å². The van der Waals surface area contributed by atoms with Gasteiger partial charge in [-0.05, 0) is 18.6 Å². The Morgan fingerprint density at radius 3 is 2.56 bits per heavy atom. The van der Waals surface area contributed by atoms with Crippen molar-refractivity contribution in [2.45, 2.75) is 26.2 Å². The second-order valence-electron chi connectivity index (χ2n) is 3.39. The van der Waals surface area contributed by atoms with Crippen molar-refractivity contribution in [1.29, 1.82) is 0 Å². The number of phosphoric ester groups is 1. The van der Waals surface area contributed by atoms with Crippen LogP contribution in [0.2, 0.25) is 0 Å². The average Bonchev–Trinajstić information content (AvgIpc) is 2.25. The highest BCUT2D eigenvalue weighted by Gasteiger charge is 2.10. The molecule has 0 saturated carbocycles. The van der Waals surface area contributed by atoms with Gasteiger partial charge in [-0.15, -0.1) is 0 Å². The Morgan fingerprint density at radius 2 is 1.94 bits per heavy atom. The van der Waals surface area contributed by atoms with Crippen LogP contribution in [0.1, 0.15) is 26.2 Å². The molecular formula is C11H16O4P-. The SMILES string of the molecule is CCCCCOP(=O)([O-])Oc1ccccc1. The van der Waals surface area contributed by atoms with E-state index in [1.54, 1.807) is 30.3 Å². The molecule has 1 aromatic rings. The van der Waals surface area contributed by atoms with Crippen LogP contribution in [0.4, 0.5) is 0 Å². The number of rotatable bonds is 7. The van der Waals surface area contributed by atoms with Crippen molar-refractivity contribution in [3.05, 3.63) is 30.3 Å². The van der Waals surface area contributed by atoms with Gasteiger partial charge >= 0.3 is 7.82 Å². The molecule has 0 fully saturated rings. The molecule has 5 heteroatoms. The summed E-state index contributed by atoms with van der Waals surface area (Å²) in [5, 5.41) is 0. The normalized spacial score (nSPS) is 14.4. The van der Waals surface area contributed by atoms with Crippen LogP contribution in [-0.2, 0) is 9.09 Å². The molecular weight excluding hydrogens is 227 g/mol. The molecule has 0 bridgehead atoms. The molecule has 1 unspecified atom stereocenters. The summed E-state index contributed by atoms with van der Waals surface area (Å²) >= 11 is 0. The lowest BCUT2D eigenvalue weighted by Gasteiger charge is -2.23. The third kappa shape index (κ3) is 5.31. The minimum Gasteiger partial charge on any atom is -0.746 e. The standard InChI is InChI=1S/C11H17O4P/c1-2-3-7-10-14-16(12,13)15-11-8-5-4-6-9-11/h4-6,8-9H,2-3,7,10H2,1H3,(H,12,13)/p-1. The fourth-order valence-corrected chi connectivity index (χ4v) is 1.95. The number of hydrogen-bond acceptors (Lipinski definition) is 4. The lowest BCUT2D eigenvalue weighted by Crippen LogP contribution is -2.11. The van der Waals surface area contributed by atoms with Crippen LogP contribution in [-0.4, -0.2) is 6.61 Å². The summed E-state index contributed by atoms with van der Waals surface area (Å²) in [4.78, 5) is 11.3. The Hall–Kier alpha value is -0.830. The Morgan fingerprint density at radius 1 is 1.25 bits per heavy atom. The van der Waals surface area contributed by atoms with Crippen LogP contribution < -0.4 is 9.42 Å². The summed E-state index contributed by atoms with van der Waals surface area (Å²) in [5.74, 6) is 0.274. The van der Waals surface area contributed by atoms with E-state index in [0.29, 0.717) is 0 Å². The Labute approximate surface area is 95.8 Å². The summed E-state index contributed by atoms with van der Waals surface area (Å²) in [6.45, 7) is 2.22. The van der Waals surface area contributed by atoms with E-state index in [9.17, 15) is 9.46 Å². The van der Waals surface area contributed by atoms with Gasteiger partial charge in [0.1, 0.15) is 5.75 Å². The molecule has 0 aliphatic rings. The molecule has 0 aromatic heterocycles. The van der Waals surface area contributed by atoms with Crippen LogP contribution in [0.5, 0.6) is 5.75 Å². The predicted molar refractivity (Wildman–Crippen MR) is 60.2 cm³/mol. The van der Waals surface area contributed by atoms with Gasteiger partial charge in [0.25, 0.3) is 0 Å². The molecule has 1 rings (SSSR count). The van der Waals surface area contributed by atoms with Crippen molar-refractivity contribution >= 4 is 7.82 Å². The number of phosphoric acid groups is 1. The average molecular weight is 243 g/mol. The second-order valence-corrected chi connectivity index (χ2v) is 4.73.